The number of halogens is 4. The van der Waals surface area contributed by atoms with Gasteiger partial charge in [-0.3, -0.25) is 4.79 Å². The van der Waals surface area contributed by atoms with Crippen molar-refractivity contribution >= 4 is 5.91 Å². The standard InChI is InChI=1S/C15H17F4NO/c1-20(10-6-3-2-4-7-10)14(21)11-8-5-9-12(13(11)16)15(17,18)19/h5,8-10H,2-4,6-7H2,1H3. The van der Waals surface area contributed by atoms with Gasteiger partial charge < -0.3 is 4.90 Å². The minimum atomic E-state index is -4.80. The fourth-order valence-electron chi connectivity index (χ4n) is 2.74. The Morgan fingerprint density at radius 3 is 2.38 bits per heavy atom. The van der Waals surface area contributed by atoms with E-state index in [9.17, 15) is 22.4 Å². The molecule has 0 N–H and O–H groups in total. The molecule has 116 valence electrons. The van der Waals surface area contributed by atoms with Crippen LogP contribution in [0.5, 0.6) is 0 Å². The Bertz CT molecular complexity index is 521. The van der Waals surface area contributed by atoms with Crippen LogP contribution in [-0.2, 0) is 6.18 Å². The summed E-state index contributed by atoms with van der Waals surface area (Å²) in [5.74, 6) is -2.18. The Morgan fingerprint density at radius 2 is 1.81 bits per heavy atom. The van der Waals surface area contributed by atoms with Crippen LogP contribution in [0.1, 0.15) is 48.0 Å². The van der Waals surface area contributed by atoms with Crippen molar-refractivity contribution in [3.63, 3.8) is 0 Å². The van der Waals surface area contributed by atoms with Crippen molar-refractivity contribution in [2.45, 2.75) is 44.3 Å². The molecule has 0 heterocycles. The summed E-state index contributed by atoms with van der Waals surface area (Å²) in [4.78, 5) is 13.6. The van der Waals surface area contributed by atoms with Crippen molar-refractivity contribution in [1.29, 1.82) is 0 Å². The van der Waals surface area contributed by atoms with Crippen molar-refractivity contribution in [2.75, 3.05) is 7.05 Å². The molecule has 1 aromatic rings. The number of hydrogen-bond acceptors (Lipinski definition) is 1. The maximum atomic E-state index is 14.0. The van der Waals surface area contributed by atoms with E-state index in [1.54, 1.807) is 0 Å². The smallest absolute Gasteiger partial charge is 0.339 e. The molecule has 0 saturated heterocycles. The first-order valence-corrected chi connectivity index (χ1v) is 6.95. The van der Waals surface area contributed by atoms with Gasteiger partial charge in [-0.15, -0.1) is 0 Å². The minimum Gasteiger partial charge on any atom is -0.339 e. The van der Waals surface area contributed by atoms with Crippen LogP contribution in [0.4, 0.5) is 17.6 Å². The lowest BCUT2D eigenvalue weighted by atomic mass is 9.94. The highest BCUT2D eigenvalue weighted by Crippen LogP contribution is 2.33. The van der Waals surface area contributed by atoms with Gasteiger partial charge in [0.15, 0.2) is 0 Å². The Hall–Kier alpha value is -1.59. The molecule has 1 aliphatic rings. The molecule has 6 heteroatoms. The molecule has 1 saturated carbocycles. The van der Waals surface area contributed by atoms with E-state index in [1.165, 1.54) is 11.9 Å². The fourth-order valence-corrected chi connectivity index (χ4v) is 2.74. The van der Waals surface area contributed by atoms with E-state index in [0.717, 1.165) is 44.2 Å². The van der Waals surface area contributed by atoms with E-state index >= 15 is 0 Å². The first-order chi connectivity index (χ1) is 9.82. The number of alkyl halides is 3. The van der Waals surface area contributed by atoms with Gasteiger partial charge in [0.1, 0.15) is 5.82 Å². The number of hydrogen-bond donors (Lipinski definition) is 0. The van der Waals surface area contributed by atoms with Gasteiger partial charge in [0.2, 0.25) is 0 Å². The number of carbonyl (C=O) groups excluding carboxylic acids is 1. The lowest BCUT2D eigenvalue weighted by Crippen LogP contribution is -2.38. The quantitative estimate of drug-likeness (QED) is 0.748. The zero-order valence-electron chi connectivity index (χ0n) is 11.7. The molecule has 1 aromatic carbocycles. The van der Waals surface area contributed by atoms with Gasteiger partial charge in [-0.25, -0.2) is 4.39 Å². The maximum Gasteiger partial charge on any atom is 0.419 e. The second kappa shape index (κ2) is 6.03. The Labute approximate surface area is 120 Å². The molecule has 0 radical (unpaired) electrons. The zero-order valence-corrected chi connectivity index (χ0v) is 11.7. The van der Waals surface area contributed by atoms with Gasteiger partial charge >= 0.3 is 6.18 Å². The topological polar surface area (TPSA) is 20.3 Å². The van der Waals surface area contributed by atoms with Crippen LogP contribution in [0, 0.1) is 5.82 Å². The van der Waals surface area contributed by atoms with Gasteiger partial charge in [0.05, 0.1) is 11.1 Å². The summed E-state index contributed by atoms with van der Waals surface area (Å²) in [6.07, 6.45) is -0.132. The van der Waals surface area contributed by atoms with Crippen LogP contribution >= 0.6 is 0 Å². The van der Waals surface area contributed by atoms with Gasteiger partial charge in [-0.05, 0) is 25.0 Å². The van der Waals surface area contributed by atoms with Crippen molar-refractivity contribution in [3.8, 4) is 0 Å². The molecule has 2 rings (SSSR count). The molecular weight excluding hydrogens is 286 g/mol. The molecule has 21 heavy (non-hydrogen) atoms. The SMILES string of the molecule is CN(C(=O)c1cccc(C(F)(F)F)c1F)C1CCCCC1. The second-order valence-corrected chi connectivity index (χ2v) is 5.37. The summed E-state index contributed by atoms with van der Waals surface area (Å²) < 4.78 is 52.0. The molecule has 1 aliphatic carbocycles. The predicted octanol–water partition coefficient (Wildman–Crippen LogP) is 4.25. The molecule has 0 atom stereocenters. The third-order valence-corrected chi connectivity index (χ3v) is 3.98. The highest BCUT2D eigenvalue weighted by molar-refractivity contribution is 5.94. The van der Waals surface area contributed by atoms with E-state index in [0.29, 0.717) is 6.07 Å². The van der Waals surface area contributed by atoms with E-state index in [-0.39, 0.29) is 6.04 Å². The third kappa shape index (κ3) is 3.36. The van der Waals surface area contributed by atoms with Gasteiger partial charge in [0, 0.05) is 13.1 Å². The Balaban J connectivity index is 2.27. The average Bonchev–Trinajstić information content (AvgIpc) is 2.45. The number of rotatable bonds is 2. The number of amides is 1. The van der Waals surface area contributed by atoms with E-state index in [2.05, 4.69) is 0 Å². The largest absolute Gasteiger partial charge is 0.419 e. The van der Waals surface area contributed by atoms with Crippen LogP contribution < -0.4 is 0 Å². The molecule has 0 aromatic heterocycles. The molecular formula is C15H17F4NO. The van der Waals surface area contributed by atoms with Crippen molar-refractivity contribution in [1.82, 2.24) is 4.90 Å². The van der Waals surface area contributed by atoms with Crippen molar-refractivity contribution in [2.24, 2.45) is 0 Å². The highest BCUT2D eigenvalue weighted by Gasteiger charge is 2.36. The monoisotopic (exact) mass is 303 g/mol. The van der Waals surface area contributed by atoms with Crippen LogP contribution in [0.15, 0.2) is 18.2 Å². The van der Waals surface area contributed by atoms with Crippen molar-refractivity contribution in [3.05, 3.63) is 35.1 Å². The number of benzene rings is 1. The second-order valence-electron chi connectivity index (χ2n) is 5.37. The Kier molecular flexibility index (Phi) is 4.54. The number of carbonyl (C=O) groups is 1. The minimum absolute atomic E-state index is 0.0276. The van der Waals surface area contributed by atoms with Crippen LogP contribution in [0.2, 0.25) is 0 Å². The van der Waals surface area contributed by atoms with Gasteiger partial charge in [-0.1, -0.05) is 25.3 Å². The fraction of sp³-hybridized carbons (Fsp3) is 0.533. The summed E-state index contributed by atoms with van der Waals surface area (Å²) in [6.45, 7) is 0. The van der Waals surface area contributed by atoms with E-state index in [4.69, 9.17) is 0 Å². The van der Waals surface area contributed by atoms with Crippen LogP contribution in [-0.4, -0.2) is 23.9 Å². The first kappa shape index (κ1) is 15.8. The highest BCUT2D eigenvalue weighted by atomic mass is 19.4. The van der Waals surface area contributed by atoms with Crippen LogP contribution in [0.25, 0.3) is 0 Å². The van der Waals surface area contributed by atoms with Crippen molar-refractivity contribution < 1.29 is 22.4 Å². The zero-order chi connectivity index (χ0) is 15.6. The van der Waals surface area contributed by atoms with Gasteiger partial charge in [0.25, 0.3) is 5.91 Å². The first-order valence-electron chi connectivity index (χ1n) is 6.95. The molecule has 2 nitrogen and oxygen atoms in total. The Morgan fingerprint density at radius 1 is 1.19 bits per heavy atom. The molecule has 0 unspecified atom stereocenters. The molecule has 0 aliphatic heterocycles. The van der Waals surface area contributed by atoms with Crippen LogP contribution in [0.3, 0.4) is 0 Å². The third-order valence-electron chi connectivity index (χ3n) is 3.98. The molecule has 0 bridgehead atoms. The summed E-state index contributed by atoms with van der Waals surface area (Å²) in [5, 5.41) is 0. The van der Waals surface area contributed by atoms with Gasteiger partial charge in [-0.2, -0.15) is 13.2 Å². The molecule has 1 fully saturated rings. The maximum absolute atomic E-state index is 14.0. The van der Waals surface area contributed by atoms with E-state index < -0.39 is 29.0 Å². The average molecular weight is 303 g/mol. The predicted molar refractivity (Wildman–Crippen MR) is 70.4 cm³/mol. The summed E-state index contributed by atoms with van der Waals surface area (Å²) in [5.41, 5.74) is -1.91. The molecule has 0 spiro atoms. The lowest BCUT2D eigenvalue weighted by molar-refractivity contribution is -0.140. The summed E-state index contributed by atoms with van der Waals surface area (Å²) >= 11 is 0. The summed E-state index contributed by atoms with van der Waals surface area (Å²) in [6, 6.07) is 2.78. The van der Waals surface area contributed by atoms with E-state index in [1.807, 2.05) is 0 Å². The molecule has 1 amide bonds. The lowest BCUT2D eigenvalue weighted by Gasteiger charge is -2.31. The number of nitrogens with zero attached hydrogens (tertiary/aromatic N) is 1. The summed E-state index contributed by atoms with van der Waals surface area (Å²) in [7, 11) is 1.53. The normalized spacial score (nSPS) is 16.8.